The van der Waals surface area contributed by atoms with E-state index in [1.165, 1.54) is 9.75 Å². The minimum absolute atomic E-state index is 0.0729. The SMILES string of the molecule is CCc1ccc(C(NC)c2cc3cccc(Cl)c3o2)s1. The van der Waals surface area contributed by atoms with Crippen LogP contribution in [0.3, 0.4) is 0 Å². The minimum Gasteiger partial charge on any atom is -0.457 e. The Hall–Kier alpha value is -1.29. The van der Waals surface area contributed by atoms with Crippen molar-refractivity contribution in [2.24, 2.45) is 0 Å². The molecule has 2 aromatic heterocycles. The van der Waals surface area contributed by atoms with Gasteiger partial charge in [-0.1, -0.05) is 30.7 Å². The number of aryl methyl sites for hydroxylation is 1. The van der Waals surface area contributed by atoms with E-state index >= 15 is 0 Å². The standard InChI is InChI=1S/C16H16ClNOS/c1-3-11-7-8-14(20-11)15(18-2)13-9-10-5-4-6-12(17)16(10)19-13/h4-9,15,18H,3H2,1-2H3. The van der Waals surface area contributed by atoms with E-state index in [2.05, 4.69) is 30.4 Å². The zero-order valence-electron chi connectivity index (χ0n) is 11.4. The zero-order valence-corrected chi connectivity index (χ0v) is 13.0. The number of benzene rings is 1. The third-order valence-corrected chi connectivity index (χ3v) is 5.00. The topological polar surface area (TPSA) is 25.2 Å². The Morgan fingerprint density at radius 3 is 2.80 bits per heavy atom. The van der Waals surface area contributed by atoms with Gasteiger partial charge in [0, 0.05) is 15.1 Å². The highest BCUT2D eigenvalue weighted by atomic mass is 35.5. The van der Waals surface area contributed by atoms with Gasteiger partial charge in [0.1, 0.15) is 11.8 Å². The number of furan rings is 1. The maximum Gasteiger partial charge on any atom is 0.152 e. The zero-order chi connectivity index (χ0) is 14.1. The van der Waals surface area contributed by atoms with Crippen molar-refractivity contribution in [1.82, 2.24) is 5.32 Å². The van der Waals surface area contributed by atoms with Crippen LogP contribution in [0.15, 0.2) is 40.8 Å². The van der Waals surface area contributed by atoms with Gasteiger partial charge in [-0.3, -0.25) is 0 Å². The van der Waals surface area contributed by atoms with Crippen molar-refractivity contribution in [3.8, 4) is 0 Å². The highest BCUT2D eigenvalue weighted by Gasteiger charge is 2.19. The Bertz CT molecular complexity index is 731. The van der Waals surface area contributed by atoms with Gasteiger partial charge >= 0.3 is 0 Å². The van der Waals surface area contributed by atoms with E-state index in [1.807, 2.05) is 36.6 Å². The molecule has 2 heterocycles. The van der Waals surface area contributed by atoms with Crippen LogP contribution in [0, 0.1) is 0 Å². The first-order valence-corrected chi connectivity index (χ1v) is 7.86. The predicted molar refractivity (Wildman–Crippen MR) is 85.8 cm³/mol. The summed E-state index contributed by atoms with van der Waals surface area (Å²) in [5, 5.41) is 5.02. The van der Waals surface area contributed by atoms with Crippen LogP contribution in [0.4, 0.5) is 0 Å². The van der Waals surface area contributed by atoms with Gasteiger partial charge < -0.3 is 9.73 Å². The van der Waals surface area contributed by atoms with E-state index in [1.54, 1.807) is 0 Å². The van der Waals surface area contributed by atoms with E-state index in [0.29, 0.717) is 5.02 Å². The molecule has 0 amide bonds. The molecule has 1 N–H and O–H groups in total. The van der Waals surface area contributed by atoms with Crippen LogP contribution in [0.5, 0.6) is 0 Å². The lowest BCUT2D eigenvalue weighted by Crippen LogP contribution is -2.15. The van der Waals surface area contributed by atoms with Gasteiger partial charge in [0.25, 0.3) is 0 Å². The summed E-state index contributed by atoms with van der Waals surface area (Å²) in [6.07, 6.45) is 1.06. The van der Waals surface area contributed by atoms with E-state index in [0.717, 1.165) is 23.2 Å². The smallest absolute Gasteiger partial charge is 0.152 e. The molecule has 1 aromatic carbocycles. The van der Waals surface area contributed by atoms with E-state index < -0.39 is 0 Å². The van der Waals surface area contributed by atoms with Crippen LogP contribution in [0.1, 0.15) is 28.5 Å². The summed E-state index contributed by atoms with van der Waals surface area (Å²) in [7, 11) is 1.95. The molecule has 20 heavy (non-hydrogen) atoms. The van der Waals surface area contributed by atoms with Crippen molar-refractivity contribution < 1.29 is 4.42 Å². The molecule has 0 radical (unpaired) electrons. The van der Waals surface area contributed by atoms with Crippen molar-refractivity contribution in [3.05, 3.63) is 56.9 Å². The molecule has 104 valence electrons. The van der Waals surface area contributed by atoms with Crippen molar-refractivity contribution in [2.45, 2.75) is 19.4 Å². The first-order chi connectivity index (χ1) is 9.72. The number of fused-ring (bicyclic) bond motifs is 1. The molecular weight excluding hydrogens is 290 g/mol. The molecular formula is C16H16ClNOS. The van der Waals surface area contributed by atoms with Crippen LogP contribution < -0.4 is 5.32 Å². The Morgan fingerprint density at radius 2 is 2.15 bits per heavy atom. The number of para-hydroxylation sites is 1. The number of hydrogen-bond donors (Lipinski definition) is 1. The first kappa shape index (κ1) is 13.7. The highest BCUT2D eigenvalue weighted by molar-refractivity contribution is 7.12. The van der Waals surface area contributed by atoms with Gasteiger partial charge in [-0.15, -0.1) is 11.3 Å². The maximum atomic E-state index is 6.18. The molecule has 3 rings (SSSR count). The van der Waals surface area contributed by atoms with Gasteiger partial charge in [0.2, 0.25) is 0 Å². The van der Waals surface area contributed by atoms with E-state index in [4.69, 9.17) is 16.0 Å². The molecule has 0 aliphatic carbocycles. The van der Waals surface area contributed by atoms with Gasteiger partial charge in [0.05, 0.1) is 5.02 Å². The molecule has 0 saturated heterocycles. The summed E-state index contributed by atoms with van der Waals surface area (Å²) < 4.78 is 5.96. The predicted octanol–water partition coefficient (Wildman–Crippen LogP) is 5.02. The first-order valence-electron chi connectivity index (χ1n) is 6.66. The molecule has 0 spiro atoms. The number of nitrogens with one attached hydrogen (secondary N) is 1. The van der Waals surface area contributed by atoms with Gasteiger partial charge in [-0.05, 0) is 37.7 Å². The van der Waals surface area contributed by atoms with Crippen LogP contribution >= 0.6 is 22.9 Å². The Balaban J connectivity index is 2.04. The van der Waals surface area contributed by atoms with Crippen LogP contribution in [0.2, 0.25) is 5.02 Å². The number of halogens is 1. The number of rotatable bonds is 4. The molecule has 1 atom stereocenters. The van der Waals surface area contributed by atoms with Crippen molar-refractivity contribution in [1.29, 1.82) is 0 Å². The van der Waals surface area contributed by atoms with E-state index in [9.17, 15) is 0 Å². The molecule has 0 fully saturated rings. The fraction of sp³-hybridized carbons (Fsp3) is 0.250. The fourth-order valence-corrected chi connectivity index (χ4v) is 3.65. The second-order valence-corrected chi connectivity index (χ2v) is 6.29. The minimum atomic E-state index is 0.0729. The highest BCUT2D eigenvalue weighted by Crippen LogP contribution is 2.34. The van der Waals surface area contributed by atoms with Gasteiger partial charge in [0.15, 0.2) is 5.58 Å². The Labute approximate surface area is 127 Å². The molecule has 3 aromatic rings. The average Bonchev–Trinajstić information content (AvgIpc) is 3.07. The monoisotopic (exact) mass is 305 g/mol. The molecule has 0 saturated carbocycles. The van der Waals surface area contributed by atoms with Crippen LogP contribution in [-0.2, 0) is 6.42 Å². The quantitative estimate of drug-likeness (QED) is 0.732. The lowest BCUT2D eigenvalue weighted by molar-refractivity contribution is 0.495. The summed E-state index contributed by atoms with van der Waals surface area (Å²) in [6.45, 7) is 2.17. The third kappa shape index (κ3) is 2.37. The summed E-state index contributed by atoms with van der Waals surface area (Å²) in [5.74, 6) is 0.903. The summed E-state index contributed by atoms with van der Waals surface area (Å²) in [4.78, 5) is 2.65. The number of thiophene rings is 1. The van der Waals surface area contributed by atoms with Crippen molar-refractivity contribution in [3.63, 3.8) is 0 Å². The van der Waals surface area contributed by atoms with Crippen LogP contribution in [0.25, 0.3) is 11.0 Å². The second kappa shape index (κ2) is 5.60. The van der Waals surface area contributed by atoms with Gasteiger partial charge in [-0.2, -0.15) is 0 Å². The maximum absolute atomic E-state index is 6.18. The lowest BCUT2D eigenvalue weighted by atomic mass is 10.1. The summed E-state index contributed by atoms with van der Waals surface area (Å²) in [5.41, 5.74) is 0.761. The average molecular weight is 306 g/mol. The second-order valence-electron chi connectivity index (χ2n) is 4.69. The summed E-state index contributed by atoms with van der Waals surface area (Å²) in [6, 6.07) is 12.3. The van der Waals surface area contributed by atoms with E-state index in [-0.39, 0.29) is 6.04 Å². The van der Waals surface area contributed by atoms with Crippen LogP contribution in [-0.4, -0.2) is 7.05 Å². The van der Waals surface area contributed by atoms with Crippen molar-refractivity contribution >= 4 is 33.9 Å². The molecule has 1 unspecified atom stereocenters. The molecule has 0 bridgehead atoms. The molecule has 4 heteroatoms. The Morgan fingerprint density at radius 1 is 1.30 bits per heavy atom. The Kier molecular flexibility index (Phi) is 3.83. The summed E-state index contributed by atoms with van der Waals surface area (Å²) >= 11 is 8.00. The largest absolute Gasteiger partial charge is 0.457 e. The molecule has 0 aliphatic rings. The number of hydrogen-bond acceptors (Lipinski definition) is 3. The van der Waals surface area contributed by atoms with Crippen molar-refractivity contribution in [2.75, 3.05) is 7.05 Å². The molecule has 0 aliphatic heterocycles. The lowest BCUT2D eigenvalue weighted by Gasteiger charge is -2.11. The normalized spacial score (nSPS) is 12.9. The molecule has 2 nitrogen and oxygen atoms in total. The van der Waals surface area contributed by atoms with Gasteiger partial charge in [-0.25, -0.2) is 0 Å². The third-order valence-electron chi connectivity index (χ3n) is 3.40. The fourth-order valence-electron chi connectivity index (χ4n) is 2.35.